The minimum Gasteiger partial charge on any atom is -0.456 e. The van der Waals surface area contributed by atoms with Crippen molar-refractivity contribution in [1.82, 2.24) is 24.5 Å². The number of aromatic nitrogens is 5. The molecule has 6 heteroatoms. The maximum absolute atomic E-state index is 6.82. The van der Waals surface area contributed by atoms with Crippen LogP contribution in [-0.4, -0.2) is 24.5 Å². The zero-order valence-corrected chi connectivity index (χ0v) is 36.7. The molecule has 0 bridgehead atoms. The lowest BCUT2D eigenvalue weighted by atomic mass is 9.90. The topological polar surface area (TPSA) is 69.6 Å². The van der Waals surface area contributed by atoms with Crippen LogP contribution >= 0.6 is 0 Å². The van der Waals surface area contributed by atoms with E-state index in [9.17, 15) is 0 Å². The normalized spacial score (nSPS) is 11.5. The minimum atomic E-state index is 0.518. The quantitative estimate of drug-likeness (QED) is 0.152. The van der Waals surface area contributed by atoms with Crippen LogP contribution < -0.4 is 0 Å². The van der Waals surface area contributed by atoms with Gasteiger partial charge in [0, 0.05) is 67.3 Å². The zero-order valence-electron chi connectivity index (χ0n) is 36.7. The molecule has 0 saturated heterocycles. The number of hydrogen-bond donors (Lipinski definition) is 0. The zero-order chi connectivity index (χ0) is 45.0. The highest BCUT2D eigenvalue weighted by atomic mass is 16.3. The second kappa shape index (κ2) is 16.3. The number of furan rings is 1. The third kappa shape index (κ3) is 6.74. The summed E-state index contributed by atoms with van der Waals surface area (Å²) < 4.78 is 9.14. The fourth-order valence-corrected chi connectivity index (χ4v) is 9.73. The highest BCUT2D eigenvalue weighted by molar-refractivity contribution is 6.20. The van der Waals surface area contributed by atoms with Gasteiger partial charge >= 0.3 is 0 Å². The van der Waals surface area contributed by atoms with Crippen molar-refractivity contribution >= 4 is 43.7 Å². The Balaban J connectivity index is 1.07. The summed E-state index contributed by atoms with van der Waals surface area (Å²) in [6, 6.07) is 80.0. The fraction of sp³-hybridized carbons (Fsp3) is 0. The Morgan fingerprint density at radius 2 is 0.897 bits per heavy atom. The van der Waals surface area contributed by atoms with E-state index in [2.05, 4.69) is 162 Å². The van der Waals surface area contributed by atoms with Crippen LogP contribution in [0.3, 0.4) is 0 Å². The third-order valence-electron chi connectivity index (χ3n) is 12.9. The molecule has 4 aromatic heterocycles. The number of benzene rings is 9. The SMILES string of the molecule is c1ccc(-c2nc(-c3ccccc3)nc(-c3cc(-c4ccc(-c5ccccc5)c(-c5ccccc5)c4)cnc3-c3cccc4oc5cc6c(cc5c34)c3ccccc3n6-c3ccccc3)n2)cc1. The van der Waals surface area contributed by atoms with E-state index < -0.39 is 0 Å². The van der Waals surface area contributed by atoms with Gasteiger partial charge in [-0.2, -0.15) is 0 Å². The highest BCUT2D eigenvalue weighted by Gasteiger charge is 2.23. The van der Waals surface area contributed by atoms with Gasteiger partial charge in [-0.3, -0.25) is 4.98 Å². The first-order chi connectivity index (χ1) is 33.7. The van der Waals surface area contributed by atoms with Crippen LogP contribution in [0, 0.1) is 0 Å². The smallest absolute Gasteiger partial charge is 0.166 e. The first-order valence-electron chi connectivity index (χ1n) is 22.8. The summed E-state index contributed by atoms with van der Waals surface area (Å²) in [7, 11) is 0. The van der Waals surface area contributed by atoms with Gasteiger partial charge in [0.05, 0.1) is 16.7 Å². The van der Waals surface area contributed by atoms with Crippen molar-refractivity contribution in [2.45, 2.75) is 0 Å². The van der Waals surface area contributed by atoms with E-state index in [0.717, 1.165) is 105 Å². The molecule has 0 unspecified atom stereocenters. The molecule has 0 spiro atoms. The summed E-state index contributed by atoms with van der Waals surface area (Å²) in [4.78, 5) is 21.1. The summed E-state index contributed by atoms with van der Waals surface area (Å²) in [6.45, 7) is 0. The van der Waals surface area contributed by atoms with Gasteiger partial charge in [0.15, 0.2) is 17.5 Å². The van der Waals surface area contributed by atoms with Crippen molar-refractivity contribution in [3.63, 3.8) is 0 Å². The van der Waals surface area contributed by atoms with E-state index in [0.29, 0.717) is 17.5 Å². The molecule has 4 heterocycles. The highest BCUT2D eigenvalue weighted by Crippen LogP contribution is 2.44. The molecule has 13 aromatic rings. The molecule has 68 heavy (non-hydrogen) atoms. The Morgan fingerprint density at radius 1 is 0.324 bits per heavy atom. The standard InChI is InChI=1S/C62H39N5O/c1-6-19-40(20-7-1)47-34-33-44(35-50(47)41-21-8-2-9-22-41)45-36-53(62-65-60(42-23-10-3-11-24-42)64-61(66-62)43-25-12-4-13-26-43)59(63-39-45)49-30-18-32-56-58(49)52-37-51-48-29-16-17-31-54(48)67(46-27-14-5-15-28-46)55(51)38-57(52)68-56/h1-39H. The summed E-state index contributed by atoms with van der Waals surface area (Å²) in [5, 5.41) is 4.29. The van der Waals surface area contributed by atoms with Gasteiger partial charge in [-0.15, -0.1) is 0 Å². The van der Waals surface area contributed by atoms with E-state index in [1.54, 1.807) is 0 Å². The lowest BCUT2D eigenvalue weighted by molar-refractivity contribution is 0.669. The van der Waals surface area contributed by atoms with Crippen molar-refractivity contribution in [3.05, 3.63) is 237 Å². The molecule has 0 amide bonds. The van der Waals surface area contributed by atoms with Crippen molar-refractivity contribution in [3.8, 4) is 84.5 Å². The molecular weight excluding hydrogens is 831 g/mol. The lowest BCUT2D eigenvalue weighted by Crippen LogP contribution is -2.02. The molecule has 318 valence electrons. The molecule has 0 aliphatic carbocycles. The van der Waals surface area contributed by atoms with E-state index in [4.69, 9.17) is 24.4 Å². The van der Waals surface area contributed by atoms with Gasteiger partial charge in [0.2, 0.25) is 0 Å². The average Bonchev–Trinajstić information content (AvgIpc) is 3.95. The number of pyridine rings is 1. The van der Waals surface area contributed by atoms with Crippen LogP contribution in [0.4, 0.5) is 0 Å². The molecular formula is C62H39N5O. The van der Waals surface area contributed by atoms with Crippen LogP contribution in [0.5, 0.6) is 0 Å². The van der Waals surface area contributed by atoms with Crippen LogP contribution in [0.15, 0.2) is 241 Å². The van der Waals surface area contributed by atoms with Crippen LogP contribution in [0.25, 0.3) is 128 Å². The second-order valence-corrected chi connectivity index (χ2v) is 17.0. The summed E-state index contributed by atoms with van der Waals surface area (Å²) in [6.07, 6.45) is 1.98. The van der Waals surface area contributed by atoms with Crippen molar-refractivity contribution < 1.29 is 4.42 Å². The van der Waals surface area contributed by atoms with Gasteiger partial charge in [-0.05, 0) is 70.3 Å². The molecule has 9 aromatic carbocycles. The molecule has 13 rings (SSSR count). The summed E-state index contributed by atoms with van der Waals surface area (Å²) in [5.41, 5.74) is 15.6. The molecule has 6 nitrogen and oxygen atoms in total. The van der Waals surface area contributed by atoms with Crippen LogP contribution in [0.2, 0.25) is 0 Å². The Morgan fingerprint density at radius 3 is 1.57 bits per heavy atom. The van der Waals surface area contributed by atoms with Gasteiger partial charge in [0.1, 0.15) is 11.2 Å². The molecule has 0 atom stereocenters. The maximum Gasteiger partial charge on any atom is 0.166 e. The average molecular weight is 870 g/mol. The van der Waals surface area contributed by atoms with E-state index in [1.807, 2.05) is 79.0 Å². The number of nitrogens with zero attached hydrogens (tertiary/aromatic N) is 5. The number of fused-ring (bicyclic) bond motifs is 6. The Kier molecular flexibility index (Phi) is 9.39. The third-order valence-corrected chi connectivity index (χ3v) is 12.9. The Labute approximate surface area is 392 Å². The maximum atomic E-state index is 6.82. The minimum absolute atomic E-state index is 0.518. The van der Waals surface area contributed by atoms with Crippen molar-refractivity contribution in [2.75, 3.05) is 0 Å². The lowest BCUT2D eigenvalue weighted by Gasteiger charge is -2.16. The number of para-hydroxylation sites is 2. The predicted molar refractivity (Wildman–Crippen MR) is 277 cm³/mol. The second-order valence-electron chi connectivity index (χ2n) is 17.0. The molecule has 0 N–H and O–H groups in total. The molecule has 0 aliphatic rings. The van der Waals surface area contributed by atoms with Gasteiger partial charge in [0.25, 0.3) is 0 Å². The first-order valence-corrected chi connectivity index (χ1v) is 22.8. The van der Waals surface area contributed by atoms with Gasteiger partial charge < -0.3 is 8.98 Å². The van der Waals surface area contributed by atoms with E-state index >= 15 is 0 Å². The van der Waals surface area contributed by atoms with Crippen molar-refractivity contribution in [1.29, 1.82) is 0 Å². The fourth-order valence-electron chi connectivity index (χ4n) is 9.73. The van der Waals surface area contributed by atoms with Crippen molar-refractivity contribution in [2.24, 2.45) is 0 Å². The molecule has 0 radical (unpaired) electrons. The monoisotopic (exact) mass is 869 g/mol. The van der Waals surface area contributed by atoms with Gasteiger partial charge in [-0.25, -0.2) is 15.0 Å². The largest absolute Gasteiger partial charge is 0.456 e. The van der Waals surface area contributed by atoms with Crippen LogP contribution in [-0.2, 0) is 0 Å². The predicted octanol–water partition coefficient (Wildman–Crippen LogP) is 15.9. The molecule has 0 saturated carbocycles. The van der Waals surface area contributed by atoms with Crippen LogP contribution in [0.1, 0.15) is 0 Å². The summed E-state index contributed by atoms with van der Waals surface area (Å²) in [5.74, 6) is 1.67. The first kappa shape index (κ1) is 39.1. The Hall–Kier alpha value is -9.26. The molecule has 0 aliphatic heterocycles. The number of rotatable bonds is 8. The Bertz CT molecular complexity index is 3940. The van der Waals surface area contributed by atoms with Gasteiger partial charge in [-0.1, -0.05) is 182 Å². The van der Waals surface area contributed by atoms with E-state index in [-0.39, 0.29) is 0 Å². The number of hydrogen-bond acceptors (Lipinski definition) is 5. The van der Waals surface area contributed by atoms with E-state index in [1.165, 1.54) is 5.39 Å². The molecule has 0 fully saturated rings. The summed E-state index contributed by atoms with van der Waals surface area (Å²) >= 11 is 0.